The monoisotopic (exact) mass is 830 g/mol. The van der Waals surface area contributed by atoms with Gasteiger partial charge in [0, 0.05) is 43.6 Å². The van der Waals surface area contributed by atoms with Crippen molar-refractivity contribution in [2.45, 2.75) is 17.9 Å². The van der Waals surface area contributed by atoms with Crippen molar-refractivity contribution in [3.8, 4) is 57.3 Å². The number of alkyl halides is 1. The zero-order valence-electron chi connectivity index (χ0n) is 30.3. The van der Waals surface area contributed by atoms with Gasteiger partial charge in [-0.1, -0.05) is 84.6 Å². The number of aromatic nitrogens is 4. The predicted molar refractivity (Wildman–Crippen MR) is 227 cm³/mol. The average molecular weight is 832 g/mol. The first-order valence-electron chi connectivity index (χ1n) is 16.9. The van der Waals surface area contributed by atoms with E-state index in [1.54, 1.807) is 50.1 Å². The first kappa shape index (κ1) is 43.3. The third-order valence-electron chi connectivity index (χ3n) is 7.43. The van der Waals surface area contributed by atoms with Crippen LogP contribution in [0, 0.1) is 27.3 Å². The minimum atomic E-state index is 0.389. The Hall–Kier alpha value is -4.38. The van der Waals surface area contributed by atoms with Crippen LogP contribution in [0.3, 0.4) is 0 Å². The summed E-state index contributed by atoms with van der Waals surface area (Å²) in [6.07, 6.45) is 8.09. The number of nitrogens with one attached hydrogen (secondary N) is 1. The van der Waals surface area contributed by atoms with Crippen LogP contribution in [0.5, 0.6) is 0 Å². The summed E-state index contributed by atoms with van der Waals surface area (Å²) in [6.45, 7) is 1.61. The maximum absolute atomic E-state index is 9.79. The lowest BCUT2D eigenvalue weighted by molar-refractivity contribution is 0.200. The zero-order chi connectivity index (χ0) is 39.1. The number of oxazole rings is 2. The van der Waals surface area contributed by atoms with Gasteiger partial charge >= 0.3 is 0 Å². The van der Waals surface area contributed by atoms with Crippen molar-refractivity contribution in [1.29, 1.82) is 10.5 Å². The number of hydrogen-bond donors (Lipinski definition) is 1. The maximum Gasteiger partial charge on any atom is 0.181 e. The van der Waals surface area contributed by atoms with Crippen molar-refractivity contribution >= 4 is 59.1 Å². The molecule has 4 aromatic heterocycles. The minimum Gasteiger partial charge on any atom is -0.442 e. The molecule has 2 aromatic carbocycles. The fourth-order valence-corrected chi connectivity index (χ4v) is 7.93. The van der Waals surface area contributed by atoms with Gasteiger partial charge in [-0.2, -0.15) is 22.3 Å². The van der Waals surface area contributed by atoms with Crippen LogP contribution in [0.15, 0.2) is 112 Å². The Morgan fingerprint density at radius 1 is 0.782 bits per heavy atom. The van der Waals surface area contributed by atoms with Gasteiger partial charge in [-0.15, -0.1) is 23.4 Å². The Bertz CT molecular complexity index is 2140. The van der Waals surface area contributed by atoms with Crippen molar-refractivity contribution in [1.82, 2.24) is 19.9 Å². The molecule has 6 aromatic rings. The highest BCUT2D eigenvalue weighted by atomic mass is 35.5. The van der Waals surface area contributed by atoms with E-state index in [0.29, 0.717) is 48.9 Å². The molecule has 0 atom stereocenters. The highest BCUT2D eigenvalue weighted by Gasteiger charge is 2.17. The Morgan fingerprint density at radius 2 is 1.35 bits per heavy atom. The number of thioether (sulfide) groups is 3. The molecular weight excluding hydrogens is 792 g/mol. The fourth-order valence-electron chi connectivity index (χ4n) is 4.87. The molecule has 15 heteroatoms. The molecule has 0 aliphatic heterocycles. The van der Waals surface area contributed by atoms with E-state index in [2.05, 4.69) is 32.1 Å². The molecule has 0 unspecified atom stereocenters. The van der Waals surface area contributed by atoms with E-state index >= 15 is 0 Å². The number of aromatic amines is 1. The topological polar surface area (TPSA) is 147 Å². The summed E-state index contributed by atoms with van der Waals surface area (Å²) in [5.41, 5.74) is 5.97. The predicted octanol–water partition coefficient (Wildman–Crippen LogP) is 11.0. The Kier molecular flexibility index (Phi) is 19.6. The standard InChI is InChI=1S/C20H19N3O2S2.C15H9N3OS.C5H11ClOS/c1-24-8-5-9-26-14-27-20-17(11-21)16(15-6-3-2-4-7-15)10-18(23-20)19-12-22-13-25-19;16-7-12-11(10-4-2-1-3-5-10)6-13(18-15(12)20)14-8-17-9-19-14;1-7-3-2-4-8-5-6/h2-4,6-7,10,12-13H,5,8-9,14H2,1H3;1-6,8-9H,(H,18,20);2-5H2,1H3. The third kappa shape index (κ3) is 13.7. The van der Waals surface area contributed by atoms with Crippen molar-refractivity contribution in [3.63, 3.8) is 0 Å². The van der Waals surface area contributed by atoms with Crippen LogP contribution in [0.2, 0.25) is 0 Å². The molecule has 6 rings (SSSR count). The van der Waals surface area contributed by atoms with E-state index in [4.69, 9.17) is 42.1 Å². The molecule has 1 N–H and O–H groups in total. The molecule has 4 heterocycles. The van der Waals surface area contributed by atoms with Crippen LogP contribution in [-0.2, 0) is 9.47 Å². The smallest absolute Gasteiger partial charge is 0.181 e. The molecule has 0 aliphatic carbocycles. The second kappa shape index (κ2) is 24.9. The minimum absolute atomic E-state index is 0.389. The quantitative estimate of drug-likeness (QED) is 0.0325. The van der Waals surface area contributed by atoms with Crippen LogP contribution < -0.4 is 0 Å². The molecule has 0 fully saturated rings. The van der Waals surface area contributed by atoms with Crippen LogP contribution in [-0.4, -0.2) is 69.2 Å². The van der Waals surface area contributed by atoms with Crippen LogP contribution in [0.25, 0.3) is 45.2 Å². The van der Waals surface area contributed by atoms with Crippen molar-refractivity contribution < 1.29 is 18.3 Å². The summed E-state index contributed by atoms with van der Waals surface area (Å²) < 4.78 is 21.0. The number of rotatable bonds is 16. The SMILES string of the molecule is COCCCSCCl.COCCCSCSc1nc(-c2cnco2)cc(-c2ccccc2)c1C#N.N#Cc1c(-c2ccccc2)cc(-c2cnco2)[nH]c1=S. The van der Waals surface area contributed by atoms with Crippen LogP contribution in [0.4, 0.5) is 0 Å². The zero-order valence-corrected chi connectivity index (χ0v) is 34.3. The van der Waals surface area contributed by atoms with E-state index < -0.39 is 0 Å². The first-order chi connectivity index (χ1) is 27.0. The van der Waals surface area contributed by atoms with E-state index in [9.17, 15) is 10.5 Å². The van der Waals surface area contributed by atoms with Gasteiger partial charge < -0.3 is 23.3 Å². The average Bonchev–Trinajstić information content (AvgIpc) is 3.98. The number of methoxy groups -OCH3 is 2. The van der Waals surface area contributed by atoms with E-state index in [0.717, 1.165) is 64.9 Å². The van der Waals surface area contributed by atoms with Gasteiger partial charge in [0.2, 0.25) is 0 Å². The van der Waals surface area contributed by atoms with Gasteiger partial charge in [-0.3, -0.25) is 0 Å². The number of ether oxygens (including phenoxy) is 2. The lowest BCUT2D eigenvalue weighted by Gasteiger charge is -2.11. The molecule has 284 valence electrons. The number of pyridine rings is 2. The second-order valence-electron chi connectivity index (χ2n) is 11.1. The number of nitrogens with zero attached hydrogens (tertiary/aromatic N) is 5. The lowest BCUT2D eigenvalue weighted by Crippen LogP contribution is -1.96. The number of halogens is 1. The van der Waals surface area contributed by atoms with E-state index in [1.807, 2.05) is 84.6 Å². The van der Waals surface area contributed by atoms with E-state index in [-0.39, 0.29) is 0 Å². The molecule has 0 amide bonds. The normalized spacial score (nSPS) is 10.3. The third-order valence-corrected chi connectivity index (χ3v) is 11.2. The molecule has 10 nitrogen and oxygen atoms in total. The highest BCUT2D eigenvalue weighted by molar-refractivity contribution is 8.16. The number of benzene rings is 2. The second-order valence-corrected chi connectivity index (χ2v) is 15.6. The molecule has 0 aliphatic rings. The Morgan fingerprint density at radius 3 is 1.87 bits per heavy atom. The molecule has 0 radical (unpaired) electrons. The Labute approximate surface area is 344 Å². The van der Waals surface area contributed by atoms with Crippen molar-refractivity contribution in [2.75, 3.05) is 49.2 Å². The summed E-state index contributed by atoms with van der Waals surface area (Å²) in [5.74, 6) is 3.29. The van der Waals surface area contributed by atoms with Gasteiger partial charge in [-0.25, -0.2) is 15.0 Å². The summed E-state index contributed by atoms with van der Waals surface area (Å²) in [7, 11) is 3.42. The van der Waals surface area contributed by atoms with Gasteiger partial charge in [0.05, 0.1) is 34.4 Å². The number of nitriles is 2. The summed E-state index contributed by atoms with van der Waals surface area (Å²) in [5, 5.41) is 21.3. The Balaban J connectivity index is 0.000000210. The lowest BCUT2D eigenvalue weighted by atomic mass is 10.0. The molecule has 0 saturated carbocycles. The van der Waals surface area contributed by atoms with Gasteiger partial charge in [0.25, 0.3) is 0 Å². The molecular formula is C40H39ClN6O4S4. The maximum atomic E-state index is 9.79. The van der Waals surface area contributed by atoms with Crippen molar-refractivity contribution in [3.05, 3.63) is 114 Å². The van der Waals surface area contributed by atoms with Gasteiger partial charge in [0.1, 0.15) is 27.5 Å². The molecule has 0 spiro atoms. The number of hydrogen-bond acceptors (Lipinski definition) is 13. The summed E-state index contributed by atoms with van der Waals surface area (Å²) in [6, 6.07) is 27.8. The summed E-state index contributed by atoms with van der Waals surface area (Å²) in [4.78, 5) is 15.5. The number of H-pyrrole nitrogens is 1. The molecule has 0 bridgehead atoms. The van der Waals surface area contributed by atoms with Gasteiger partial charge in [0.15, 0.2) is 24.3 Å². The van der Waals surface area contributed by atoms with Crippen LogP contribution >= 0.6 is 59.1 Å². The van der Waals surface area contributed by atoms with Crippen molar-refractivity contribution in [2.24, 2.45) is 0 Å². The fraction of sp³-hybridized carbons (Fsp3) is 0.250. The molecule has 55 heavy (non-hydrogen) atoms. The van der Waals surface area contributed by atoms with Crippen LogP contribution in [0.1, 0.15) is 24.0 Å². The van der Waals surface area contributed by atoms with E-state index in [1.165, 1.54) is 12.8 Å². The molecule has 0 saturated heterocycles. The first-order valence-corrected chi connectivity index (χ1v) is 21.1. The highest BCUT2D eigenvalue weighted by Crippen LogP contribution is 2.35. The summed E-state index contributed by atoms with van der Waals surface area (Å²) >= 11 is 15.8. The van der Waals surface area contributed by atoms with Gasteiger partial charge in [-0.05, 0) is 47.6 Å². The largest absolute Gasteiger partial charge is 0.442 e.